The van der Waals surface area contributed by atoms with Crippen LogP contribution in [0.4, 0.5) is 5.00 Å². The van der Waals surface area contributed by atoms with Crippen molar-refractivity contribution in [1.29, 1.82) is 0 Å². The SMILES string of the molecule is CCOC(=O)c1c(NC(=O)C(Sc2nnnn2C)c2ccccc2)sc2c1CCC(C)C2. The molecule has 2 aromatic heterocycles. The molecular formula is C22H25N5O3S2. The third-order valence-electron chi connectivity index (χ3n) is 5.37. The number of amides is 1. The first-order valence-corrected chi connectivity index (χ1v) is 12.2. The van der Waals surface area contributed by atoms with Gasteiger partial charge < -0.3 is 10.1 Å². The van der Waals surface area contributed by atoms with Crippen LogP contribution in [0.3, 0.4) is 0 Å². The molecule has 168 valence electrons. The maximum absolute atomic E-state index is 13.5. The first-order valence-electron chi connectivity index (χ1n) is 10.5. The number of aromatic nitrogens is 4. The van der Waals surface area contributed by atoms with Crippen molar-refractivity contribution in [2.75, 3.05) is 11.9 Å². The van der Waals surface area contributed by atoms with Crippen molar-refractivity contribution in [3.8, 4) is 0 Å². The van der Waals surface area contributed by atoms with E-state index in [4.69, 9.17) is 4.74 Å². The van der Waals surface area contributed by atoms with Gasteiger partial charge in [0.05, 0.1) is 12.2 Å². The number of anilines is 1. The summed E-state index contributed by atoms with van der Waals surface area (Å²) < 4.78 is 6.86. The molecule has 10 heteroatoms. The van der Waals surface area contributed by atoms with Crippen molar-refractivity contribution in [2.45, 2.75) is 43.5 Å². The molecule has 2 heterocycles. The normalized spacial score (nSPS) is 16.3. The number of hydrogen-bond donors (Lipinski definition) is 1. The second-order valence-electron chi connectivity index (χ2n) is 7.76. The van der Waals surface area contributed by atoms with Crippen molar-refractivity contribution in [1.82, 2.24) is 20.2 Å². The summed E-state index contributed by atoms with van der Waals surface area (Å²) in [5, 5.41) is 15.1. The van der Waals surface area contributed by atoms with Crippen molar-refractivity contribution < 1.29 is 14.3 Å². The molecule has 3 aromatic rings. The molecule has 0 bridgehead atoms. The summed E-state index contributed by atoms with van der Waals surface area (Å²) >= 11 is 2.75. The number of benzene rings is 1. The van der Waals surface area contributed by atoms with Crippen LogP contribution in [0.5, 0.6) is 0 Å². The highest BCUT2D eigenvalue weighted by Crippen LogP contribution is 2.41. The number of fused-ring (bicyclic) bond motifs is 1. The van der Waals surface area contributed by atoms with Gasteiger partial charge in [-0.3, -0.25) is 4.79 Å². The number of tetrazole rings is 1. The maximum Gasteiger partial charge on any atom is 0.341 e. The number of nitrogens with one attached hydrogen (secondary N) is 1. The summed E-state index contributed by atoms with van der Waals surface area (Å²) in [6.07, 6.45) is 2.74. The standard InChI is InChI=1S/C22H25N5O3S2/c1-4-30-21(29)17-15-11-10-13(2)12-16(15)31-20(17)23-19(28)18(14-8-6-5-7-9-14)32-22-24-25-26-27(22)3/h5-9,13,18H,4,10-12H2,1-3H3,(H,23,28). The Morgan fingerprint density at radius 3 is 2.81 bits per heavy atom. The molecular weight excluding hydrogens is 446 g/mol. The first kappa shape index (κ1) is 22.5. The molecule has 0 saturated heterocycles. The van der Waals surface area contributed by atoms with E-state index in [-0.39, 0.29) is 18.5 Å². The minimum absolute atomic E-state index is 0.235. The van der Waals surface area contributed by atoms with Crippen molar-refractivity contribution in [3.05, 3.63) is 51.9 Å². The van der Waals surface area contributed by atoms with Gasteiger partial charge in [-0.1, -0.05) is 49.0 Å². The molecule has 1 amide bonds. The minimum atomic E-state index is -0.589. The molecule has 1 N–H and O–H groups in total. The lowest BCUT2D eigenvalue weighted by atomic mass is 9.88. The zero-order valence-electron chi connectivity index (χ0n) is 18.2. The Bertz CT molecular complexity index is 1110. The number of nitrogens with zero attached hydrogens (tertiary/aromatic N) is 4. The number of rotatable bonds is 7. The highest BCUT2D eigenvalue weighted by atomic mass is 32.2. The van der Waals surface area contributed by atoms with E-state index < -0.39 is 5.25 Å². The van der Waals surface area contributed by atoms with Gasteiger partial charge in [0, 0.05) is 11.9 Å². The summed E-state index contributed by atoms with van der Waals surface area (Å²) in [4.78, 5) is 27.5. The van der Waals surface area contributed by atoms with Gasteiger partial charge in [0.1, 0.15) is 10.3 Å². The zero-order valence-corrected chi connectivity index (χ0v) is 19.8. The number of carbonyl (C=O) groups is 2. The molecule has 0 fully saturated rings. The Morgan fingerprint density at radius 1 is 1.34 bits per heavy atom. The Kier molecular flexibility index (Phi) is 6.90. The van der Waals surface area contributed by atoms with Crippen molar-refractivity contribution in [2.24, 2.45) is 13.0 Å². The average molecular weight is 472 g/mol. The van der Waals surface area contributed by atoms with E-state index in [1.807, 2.05) is 30.3 Å². The number of thioether (sulfide) groups is 1. The fourth-order valence-electron chi connectivity index (χ4n) is 3.76. The molecule has 0 aliphatic heterocycles. The molecule has 8 nitrogen and oxygen atoms in total. The lowest BCUT2D eigenvalue weighted by Gasteiger charge is -2.18. The Morgan fingerprint density at radius 2 is 2.12 bits per heavy atom. The molecule has 0 saturated carbocycles. The molecule has 0 spiro atoms. The number of aryl methyl sites for hydroxylation is 1. The van der Waals surface area contributed by atoms with Crippen LogP contribution in [0.15, 0.2) is 35.5 Å². The number of hydrogen-bond acceptors (Lipinski definition) is 8. The summed E-state index contributed by atoms with van der Waals surface area (Å²) in [5.74, 6) is -0.0616. The van der Waals surface area contributed by atoms with Crippen LogP contribution in [-0.2, 0) is 29.4 Å². The van der Waals surface area contributed by atoms with Crippen LogP contribution in [0, 0.1) is 5.92 Å². The van der Waals surface area contributed by atoms with Crippen molar-refractivity contribution >= 4 is 40.0 Å². The fourth-order valence-corrected chi connectivity index (χ4v) is 6.11. The van der Waals surface area contributed by atoms with Crippen LogP contribution < -0.4 is 5.32 Å². The second kappa shape index (κ2) is 9.83. The molecule has 4 rings (SSSR count). The Hall–Kier alpha value is -2.72. The van der Waals surface area contributed by atoms with Crippen LogP contribution >= 0.6 is 23.1 Å². The summed E-state index contributed by atoms with van der Waals surface area (Å²) in [6.45, 7) is 4.28. The fraction of sp³-hybridized carbons (Fsp3) is 0.409. The topological polar surface area (TPSA) is 99.0 Å². The van der Waals surface area contributed by atoms with Gasteiger partial charge in [-0.2, -0.15) is 0 Å². The molecule has 1 aliphatic rings. The molecule has 32 heavy (non-hydrogen) atoms. The smallest absolute Gasteiger partial charge is 0.341 e. The predicted octanol–water partition coefficient (Wildman–Crippen LogP) is 4.05. The number of ether oxygens (including phenoxy) is 1. The Labute approximate surface area is 194 Å². The molecule has 1 aromatic carbocycles. The quantitative estimate of drug-likeness (QED) is 0.410. The number of carbonyl (C=O) groups excluding carboxylic acids is 2. The highest BCUT2D eigenvalue weighted by molar-refractivity contribution is 8.00. The molecule has 2 unspecified atom stereocenters. The molecule has 0 radical (unpaired) electrons. The average Bonchev–Trinajstić information content (AvgIpc) is 3.34. The van der Waals surface area contributed by atoms with E-state index in [0.29, 0.717) is 21.6 Å². The minimum Gasteiger partial charge on any atom is -0.462 e. The van der Waals surface area contributed by atoms with Gasteiger partial charge in [0.15, 0.2) is 0 Å². The van der Waals surface area contributed by atoms with Crippen LogP contribution in [0.25, 0.3) is 0 Å². The summed E-state index contributed by atoms with van der Waals surface area (Å²) in [7, 11) is 1.73. The third-order valence-corrected chi connectivity index (χ3v) is 7.82. The highest BCUT2D eigenvalue weighted by Gasteiger charge is 2.31. The first-order chi connectivity index (χ1) is 15.5. The van der Waals surface area contributed by atoms with E-state index >= 15 is 0 Å². The van der Waals surface area contributed by atoms with Crippen LogP contribution in [0.1, 0.15) is 51.9 Å². The van der Waals surface area contributed by atoms with E-state index in [1.165, 1.54) is 27.8 Å². The van der Waals surface area contributed by atoms with Crippen LogP contribution in [-0.4, -0.2) is 38.7 Å². The van der Waals surface area contributed by atoms with E-state index in [9.17, 15) is 9.59 Å². The van der Waals surface area contributed by atoms with Crippen LogP contribution in [0.2, 0.25) is 0 Å². The lowest BCUT2D eigenvalue weighted by molar-refractivity contribution is -0.115. The Balaban J connectivity index is 1.67. The van der Waals surface area contributed by atoms with Gasteiger partial charge in [-0.05, 0) is 53.7 Å². The van der Waals surface area contributed by atoms with Gasteiger partial charge in [-0.15, -0.1) is 16.4 Å². The monoisotopic (exact) mass is 471 g/mol. The third kappa shape index (κ3) is 4.71. The summed E-state index contributed by atoms with van der Waals surface area (Å²) in [5.41, 5.74) is 2.35. The van der Waals surface area contributed by atoms with Gasteiger partial charge in [0.25, 0.3) is 0 Å². The van der Waals surface area contributed by atoms with Gasteiger partial charge >= 0.3 is 5.97 Å². The lowest BCUT2D eigenvalue weighted by Crippen LogP contribution is -2.21. The summed E-state index contributed by atoms with van der Waals surface area (Å²) in [6, 6.07) is 9.48. The largest absolute Gasteiger partial charge is 0.462 e. The van der Waals surface area contributed by atoms with E-state index in [1.54, 1.807) is 14.0 Å². The maximum atomic E-state index is 13.5. The molecule has 1 aliphatic carbocycles. The number of thiophene rings is 1. The zero-order chi connectivity index (χ0) is 22.7. The second-order valence-corrected chi connectivity index (χ2v) is 9.94. The van der Waals surface area contributed by atoms with E-state index in [0.717, 1.165) is 35.3 Å². The van der Waals surface area contributed by atoms with Gasteiger partial charge in [0.2, 0.25) is 11.1 Å². The number of esters is 1. The predicted molar refractivity (Wildman–Crippen MR) is 124 cm³/mol. The van der Waals surface area contributed by atoms with Gasteiger partial charge in [-0.25, -0.2) is 9.48 Å². The van der Waals surface area contributed by atoms with Crippen molar-refractivity contribution in [3.63, 3.8) is 0 Å². The molecule has 2 atom stereocenters. The van der Waals surface area contributed by atoms with E-state index in [2.05, 4.69) is 27.8 Å².